The van der Waals surface area contributed by atoms with E-state index in [1.54, 1.807) is 16.8 Å². The lowest BCUT2D eigenvalue weighted by Gasteiger charge is -2.39. The van der Waals surface area contributed by atoms with E-state index in [0.717, 1.165) is 24.0 Å². The maximum Gasteiger partial charge on any atom is 0.135 e. The maximum atomic E-state index is 9.58. The molecule has 7 nitrogen and oxygen atoms in total. The molecule has 0 unspecified atom stereocenters. The number of phenols is 1. The smallest absolute Gasteiger partial charge is 0.135 e. The minimum absolute atomic E-state index is 0.0736. The van der Waals surface area contributed by atoms with E-state index in [-0.39, 0.29) is 28.6 Å². The molecule has 0 amide bonds. The number of amidine groups is 1. The first-order valence-electron chi connectivity index (χ1n) is 9.95. The van der Waals surface area contributed by atoms with Gasteiger partial charge in [0, 0.05) is 29.3 Å². The summed E-state index contributed by atoms with van der Waals surface area (Å²) in [4.78, 5) is 4.50. The van der Waals surface area contributed by atoms with Gasteiger partial charge < -0.3 is 21.9 Å². The maximum absolute atomic E-state index is 9.58. The first kappa shape index (κ1) is 20.5. The Morgan fingerprint density at radius 2 is 2.10 bits per heavy atom. The van der Waals surface area contributed by atoms with Crippen LogP contribution in [0.25, 0.3) is 5.52 Å². The quantitative estimate of drug-likeness (QED) is 0.371. The number of aromatic hydroxyl groups is 1. The Kier molecular flexibility index (Phi) is 4.91. The summed E-state index contributed by atoms with van der Waals surface area (Å²) < 4.78 is 1.80. The van der Waals surface area contributed by atoms with Gasteiger partial charge in [-0.15, -0.1) is 0 Å². The van der Waals surface area contributed by atoms with Crippen molar-refractivity contribution in [1.82, 2.24) is 9.61 Å². The molecule has 2 aromatic heterocycles. The molecule has 8 heteroatoms. The third kappa shape index (κ3) is 3.38. The number of halogens is 1. The number of anilines is 1. The number of hydrogen-bond acceptors (Lipinski definition) is 5. The standard InChI is InChI=1S/C22H27ClN6O/c1-21(2)18(8-9-22(21,3)25)28-19-14(12-26-29-10-4-5-17(19)29)20(24)27-16-7-6-13(30)11-15(16)23/h4-7,10-12,18,28,30H,8-9,25H2,1-3H3,(H2,24,27)/t18-,22+/m1/s1. The highest BCUT2D eigenvalue weighted by molar-refractivity contribution is 6.33. The summed E-state index contributed by atoms with van der Waals surface area (Å²) in [6.45, 7) is 6.50. The zero-order chi connectivity index (χ0) is 21.7. The average molecular weight is 427 g/mol. The molecular formula is C22H27ClN6O. The average Bonchev–Trinajstić information content (AvgIpc) is 3.22. The van der Waals surface area contributed by atoms with Crippen molar-refractivity contribution in [3.8, 4) is 5.75 Å². The third-order valence-corrected chi connectivity index (χ3v) is 6.93. The lowest BCUT2D eigenvalue weighted by molar-refractivity contribution is 0.215. The van der Waals surface area contributed by atoms with Crippen LogP contribution in [0.4, 0.5) is 11.4 Å². The molecule has 0 spiro atoms. The second-order valence-electron chi connectivity index (χ2n) is 8.78. The Labute approximate surface area is 180 Å². The van der Waals surface area contributed by atoms with Crippen LogP contribution in [0.3, 0.4) is 0 Å². The predicted octanol–water partition coefficient (Wildman–Crippen LogP) is 4.05. The van der Waals surface area contributed by atoms with Crippen molar-refractivity contribution < 1.29 is 5.11 Å². The summed E-state index contributed by atoms with van der Waals surface area (Å²) >= 11 is 6.21. The van der Waals surface area contributed by atoms with E-state index in [9.17, 15) is 5.11 Å². The highest BCUT2D eigenvalue weighted by Gasteiger charge is 2.49. The third-order valence-electron chi connectivity index (χ3n) is 6.63. The van der Waals surface area contributed by atoms with E-state index in [1.807, 2.05) is 18.3 Å². The Hall–Kier alpha value is -2.77. The molecule has 30 heavy (non-hydrogen) atoms. The molecule has 1 saturated carbocycles. The lowest BCUT2D eigenvalue weighted by atomic mass is 9.75. The molecular weight excluding hydrogens is 400 g/mol. The number of aliphatic imine (C=N–C) groups is 1. The van der Waals surface area contributed by atoms with Crippen molar-refractivity contribution in [3.63, 3.8) is 0 Å². The molecule has 1 fully saturated rings. The summed E-state index contributed by atoms with van der Waals surface area (Å²) in [7, 11) is 0. The fourth-order valence-corrected chi connectivity index (χ4v) is 4.28. The largest absolute Gasteiger partial charge is 0.508 e. The van der Waals surface area contributed by atoms with Crippen molar-refractivity contribution >= 4 is 34.3 Å². The lowest BCUT2D eigenvalue weighted by Crippen LogP contribution is -2.51. The second kappa shape index (κ2) is 7.18. The van der Waals surface area contributed by atoms with E-state index >= 15 is 0 Å². The van der Waals surface area contributed by atoms with Gasteiger partial charge >= 0.3 is 0 Å². The van der Waals surface area contributed by atoms with Gasteiger partial charge in [0.15, 0.2) is 0 Å². The number of nitrogens with two attached hydrogens (primary N) is 2. The molecule has 1 aliphatic carbocycles. The van der Waals surface area contributed by atoms with Crippen molar-refractivity contribution in [1.29, 1.82) is 0 Å². The Bertz CT molecular complexity index is 1130. The Balaban J connectivity index is 1.79. The SMILES string of the molecule is CC1(C)[C@H](Nc2c(C(N)=Nc3ccc(O)cc3Cl)cnn3cccc23)CC[C@]1(C)N. The molecule has 6 N–H and O–H groups in total. The van der Waals surface area contributed by atoms with Gasteiger partial charge in [0.25, 0.3) is 0 Å². The van der Waals surface area contributed by atoms with Gasteiger partial charge in [-0.1, -0.05) is 25.4 Å². The van der Waals surface area contributed by atoms with Crippen LogP contribution in [-0.4, -0.2) is 32.1 Å². The monoisotopic (exact) mass is 426 g/mol. The fraction of sp³-hybridized carbons (Fsp3) is 0.364. The molecule has 1 aliphatic rings. The van der Waals surface area contributed by atoms with Gasteiger partial charge in [-0.3, -0.25) is 0 Å². The van der Waals surface area contributed by atoms with Crippen molar-refractivity contribution in [2.45, 2.75) is 45.2 Å². The molecule has 2 atom stereocenters. The van der Waals surface area contributed by atoms with E-state index in [1.165, 1.54) is 12.1 Å². The van der Waals surface area contributed by atoms with Crippen LogP contribution in [0.1, 0.15) is 39.2 Å². The van der Waals surface area contributed by atoms with Crippen LogP contribution in [0.15, 0.2) is 47.7 Å². The summed E-state index contributed by atoms with van der Waals surface area (Å²) in [6, 6.07) is 8.68. The van der Waals surface area contributed by atoms with Crippen LogP contribution in [0.5, 0.6) is 5.75 Å². The molecule has 1 aromatic carbocycles. The van der Waals surface area contributed by atoms with E-state index in [4.69, 9.17) is 23.1 Å². The van der Waals surface area contributed by atoms with Crippen LogP contribution in [0, 0.1) is 5.41 Å². The first-order chi connectivity index (χ1) is 14.1. The van der Waals surface area contributed by atoms with Gasteiger partial charge in [0.2, 0.25) is 0 Å². The van der Waals surface area contributed by atoms with E-state index in [2.05, 4.69) is 36.2 Å². The molecule has 0 bridgehead atoms. The van der Waals surface area contributed by atoms with Crippen LogP contribution < -0.4 is 16.8 Å². The summed E-state index contributed by atoms with van der Waals surface area (Å²) in [6.07, 6.45) is 5.48. The minimum Gasteiger partial charge on any atom is -0.508 e. The van der Waals surface area contributed by atoms with Crippen LogP contribution in [-0.2, 0) is 0 Å². The molecule has 2 heterocycles. The molecule has 3 aromatic rings. The highest BCUT2D eigenvalue weighted by Crippen LogP contribution is 2.46. The molecule has 0 radical (unpaired) electrons. The van der Waals surface area contributed by atoms with Gasteiger partial charge in [-0.25, -0.2) is 9.51 Å². The van der Waals surface area contributed by atoms with Gasteiger partial charge in [0.05, 0.1) is 33.7 Å². The van der Waals surface area contributed by atoms with Crippen molar-refractivity contribution in [3.05, 3.63) is 53.3 Å². The molecule has 0 saturated heterocycles. The minimum atomic E-state index is -0.269. The van der Waals surface area contributed by atoms with Crippen LogP contribution >= 0.6 is 11.6 Å². The number of phenolic OH excluding ortho intramolecular Hbond substituents is 1. The number of aromatic nitrogens is 2. The second-order valence-corrected chi connectivity index (χ2v) is 9.19. The van der Waals surface area contributed by atoms with Gasteiger partial charge in [-0.05, 0) is 44.0 Å². The van der Waals surface area contributed by atoms with Crippen molar-refractivity contribution in [2.24, 2.45) is 21.9 Å². The van der Waals surface area contributed by atoms with Gasteiger partial charge in [0.1, 0.15) is 11.6 Å². The Morgan fingerprint density at radius 1 is 1.33 bits per heavy atom. The number of hydrogen-bond donors (Lipinski definition) is 4. The normalized spacial score (nSPS) is 23.8. The number of nitrogens with one attached hydrogen (secondary N) is 1. The zero-order valence-corrected chi connectivity index (χ0v) is 18.1. The number of fused-ring (bicyclic) bond motifs is 1. The summed E-state index contributed by atoms with van der Waals surface area (Å²) in [5.41, 5.74) is 15.5. The zero-order valence-electron chi connectivity index (χ0n) is 17.4. The molecule has 0 aliphatic heterocycles. The molecule has 4 rings (SSSR count). The van der Waals surface area contributed by atoms with Gasteiger partial charge in [-0.2, -0.15) is 5.10 Å². The first-order valence-corrected chi connectivity index (χ1v) is 10.3. The predicted molar refractivity (Wildman–Crippen MR) is 122 cm³/mol. The summed E-state index contributed by atoms with van der Waals surface area (Å²) in [5, 5.41) is 18.1. The van der Waals surface area contributed by atoms with Crippen molar-refractivity contribution in [2.75, 3.05) is 5.32 Å². The topological polar surface area (TPSA) is 114 Å². The fourth-order valence-electron chi connectivity index (χ4n) is 4.07. The molecule has 158 valence electrons. The Morgan fingerprint density at radius 3 is 2.77 bits per heavy atom. The summed E-state index contributed by atoms with van der Waals surface area (Å²) in [5.74, 6) is 0.358. The van der Waals surface area contributed by atoms with E-state index < -0.39 is 0 Å². The number of rotatable bonds is 4. The van der Waals surface area contributed by atoms with E-state index in [0.29, 0.717) is 16.3 Å². The number of benzene rings is 1. The highest BCUT2D eigenvalue weighted by atomic mass is 35.5. The van der Waals surface area contributed by atoms with Crippen LogP contribution in [0.2, 0.25) is 5.02 Å². The number of nitrogens with zero attached hydrogens (tertiary/aromatic N) is 3.